The third-order valence-electron chi connectivity index (χ3n) is 4.61. The van der Waals surface area contributed by atoms with Crippen LogP contribution in [-0.2, 0) is 6.42 Å². The fourth-order valence-electron chi connectivity index (χ4n) is 3.43. The van der Waals surface area contributed by atoms with Crippen LogP contribution in [0.4, 0.5) is 0 Å². The molecule has 0 unspecified atom stereocenters. The molecule has 1 aromatic heterocycles. The molecule has 1 aromatic carbocycles. The summed E-state index contributed by atoms with van der Waals surface area (Å²) in [6.07, 6.45) is 2.94. The Kier molecular flexibility index (Phi) is 3.85. The first-order valence-corrected chi connectivity index (χ1v) is 9.15. The molecular formula is C19H21N3S. The number of pyridine rings is 1. The molecule has 0 bridgehead atoms. The Labute approximate surface area is 141 Å². The number of hydrogen-bond acceptors (Lipinski definition) is 4. The number of amidine groups is 1. The molecule has 23 heavy (non-hydrogen) atoms. The van der Waals surface area contributed by atoms with Gasteiger partial charge in [0.25, 0.3) is 0 Å². The summed E-state index contributed by atoms with van der Waals surface area (Å²) in [5, 5.41) is 1.79. The zero-order chi connectivity index (χ0) is 15.8. The topological polar surface area (TPSA) is 28.5 Å². The molecule has 1 saturated heterocycles. The Hall–Kier alpha value is -1.81. The van der Waals surface area contributed by atoms with Crippen LogP contribution in [0.15, 0.2) is 53.7 Å². The number of aromatic nitrogens is 1. The van der Waals surface area contributed by atoms with Crippen LogP contribution < -0.4 is 0 Å². The van der Waals surface area contributed by atoms with Gasteiger partial charge in [0.1, 0.15) is 6.04 Å². The second-order valence-corrected chi connectivity index (χ2v) is 7.64. The average Bonchev–Trinajstić information content (AvgIpc) is 3.11. The van der Waals surface area contributed by atoms with Crippen LogP contribution in [-0.4, -0.2) is 26.8 Å². The Bertz CT molecular complexity index is 711. The van der Waals surface area contributed by atoms with Gasteiger partial charge in [-0.15, -0.1) is 0 Å². The molecule has 0 aliphatic carbocycles. The first-order chi connectivity index (χ1) is 11.3. The molecule has 0 spiro atoms. The van der Waals surface area contributed by atoms with Crippen LogP contribution in [0.2, 0.25) is 0 Å². The number of benzene rings is 1. The first kappa shape index (κ1) is 14.8. The van der Waals surface area contributed by atoms with Crippen LogP contribution in [0.5, 0.6) is 0 Å². The highest BCUT2D eigenvalue weighted by Crippen LogP contribution is 2.47. The van der Waals surface area contributed by atoms with Crippen molar-refractivity contribution in [3.63, 3.8) is 0 Å². The number of hydrogen-bond donors (Lipinski definition) is 0. The zero-order valence-corrected chi connectivity index (χ0v) is 14.3. The van der Waals surface area contributed by atoms with E-state index in [0.29, 0.717) is 5.25 Å². The third-order valence-corrected chi connectivity index (χ3v) is 5.71. The van der Waals surface area contributed by atoms with Crippen LogP contribution >= 0.6 is 11.8 Å². The minimum absolute atomic E-state index is 0.0960. The minimum Gasteiger partial charge on any atom is -0.341 e. The number of rotatable bonds is 3. The normalized spacial score (nSPS) is 26.3. The van der Waals surface area contributed by atoms with Crippen molar-refractivity contribution >= 4 is 16.9 Å². The number of nitrogens with zero attached hydrogens (tertiary/aromatic N) is 3. The van der Waals surface area contributed by atoms with Gasteiger partial charge in [0.15, 0.2) is 5.17 Å². The largest absolute Gasteiger partial charge is 0.341 e. The van der Waals surface area contributed by atoms with Gasteiger partial charge in [-0.05, 0) is 29.7 Å². The van der Waals surface area contributed by atoms with Crippen molar-refractivity contribution in [1.29, 1.82) is 0 Å². The molecule has 3 atom stereocenters. The van der Waals surface area contributed by atoms with E-state index in [2.05, 4.69) is 60.1 Å². The second-order valence-electron chi connectivity index (χ2n) is 6.23. The lowest BCUT2D eigenvalue weighted by Crippen LogP contribution is -2.28. The number of aliphatic imine (C=N–C) groups is 1. The Morgan fingerprint density at radius 2 is 2.00 bits per heavy atom. The van der Waals surface area contributed by atoms with Crippen molar-refractivity contribution in [1.82, 2.24) is 9.88 Å². The highest BCUT2D eigenvalue weighted by molar-refractivity contribution is 8.14. The Morgan fingerprint density at radius 3 is 2.70 bits per heavy atom. The van der Waals surface area contributed by atoms with Crippen LogP contribution in [0.1, 0.15) is 42.8 Å². The van der Waals surface area contributed by atoms with Gasteiger partial charge < -0.3 is 4.90 Å². The number of thioether (sulfide) groups is 1. The lowest BCUT2D eigenvalue weighted by molar-refractivity contribution is 0.321. The molecule has 4 rings (SSSR count). The zero-order valence-electron chi connectivity index (χ0n) is 13.5. The molecule has 4 heteroatoms. The van der Waals surface area contributed by atoms with E-state index in [0.717, 1.165) is 18.7 Å². The maximum Gasteiger partial charge on any atom is 0.160 e. The quantitative estimate of drug-likeness (QED) is 0.846. The van der Waals surface area contributed by atoms with Gasteiger partial charge in [-0.1, -0.05) is 55.9 Å². The lowest BCUT2D eigenvalue weighted by atomic mass is 9.95. The molecule has 118 valence electrons. The van der Waals surface area contributed by atoms with Crippen molar-refractivity contribution in [3.8, 4) is 0 Å². The van der Waals surface area contributed by atoms with Gasteiger partial charge in [-0.2, -0.15) is 0 Å². The van der Waals surface area contributed by atoms with Crippen molar-refractivity contribution < 1.29 is 0 Å². The standard InChI is InChI=1S/C19H21N3S/c1-3-14-7-9-15(10-8-14)18-17(16-6-4-5-11-20-16)21-19-22(18)12-13(2)23-19/h4-11,13,17-18H,3,12H2,1-2H3/t13-,17+,18-/m0/s1. The van der Waals surface area contributed by atoms with E-state index in [1.165, 1.54) is 16.3 Å². The predicted molar refractivity (Wildman–Crippen MR) is 96.7 cm³/mol. The molecule has 2 aliphatic heterocycles. The van der Waals surface area contributed by atoms with E-state index in [9.17, 15) is 0 Å². The highest BCUT2D eigenvalue weighted by Gasteiger charge is 2.43. The average molecular weight is 323 g/mol. The van der Waals surface area contributed by atoms with E-state index < -0.39 is 0 Å². The molecule has 0 N–H and O–H groups in total. The van der Waals surface area contributed by atoms with Crippen LogP contribution in [0.3, 0.4) is 0 Å². The maximum absolute atomic E-state index is 5.01. The van der Waals surface area contributed by atoms with Crippen LogP contribution in [0.25, 0.3) is 0 Å². The van der Waals surface area contributed by atoms with Gasteiger partial charge in [-0.25, -0.2) is 0 Å². The molecule has 0 amide bonds. The molecule has 0 radical (unpaired) electrons. The predicted octanol–water partition coefficient (Wildman–Crippen LogP) is 4.23. The Morgan fingerprint density at radius 1 is 1.17 bits per heavy atom. The van der Waals surface area contributed by atoms with Gasteiger partial charge in [0.2, 0.25) is 0 Å². The van der Waals surface area contributed by atoms with E-state index in [1.807, 2.05) is 24.0 Å². The molecule has 2 aliphatic rings. The van der Waals surface area contributed by atoms with E-state index in [1.54, 1.807) is 0 Å². The summed E-state index contributed by atoms with van der Waals surface area (Å²) >= 11 is 1.89. The molecule has 0 saturated carbocycles. The summed E-state index contributed by atoms with van der Waals surface area (Å²) in [4.78, 5) is 12.1. The van der Waals surface area contributed by atoms with Crippen molar-refractivity contribution in [2.45, 2.75) is 37.6 Å². The smallest absolute Gasteiger partial charge is 0.160 e. The fraction of sp³-hybridized carbons (Fsp3) is 0.368. The van der Waals surface area contributed by atoms with E-state index >= 15 is 0 Å². The number of aryl methyl sites for hydroxylation is 1. The highest BCUT2D eigenvalue weighted by atomic mass is 32.2. The van der Waals surface area contributed by atoms with Gasteiger partial charge in [-0.3, -0.25) is 9.98 Å². The number of fused-ring (bicyclic) bond motifs is 1. The third kappa shape index (κ3) is 2.65. The molecule has 1 fully saturated rings. The van der Waals surface area contributed by atoms with Gasteiger partial charge >= 0.3 is 0 Å². The summed E-state index contributed by atoms with van der Waals surface area (Å²) in [7, 11) is 0. The SMILES string of the molecule is CCc1ccc([C@H]2[C@@H](c3ccccn3)N=C3S[C@@H](C)CN32)cc1. The van der Waals surface area contributed by atoms with Crippen molar-refractivity contribution in [3.05, 3.63) is 65.5 Å². The molecule has 3 heterocycles. The molecule has 3 nitrogen and oxygen atoms in total. The molecular weight excluding hydrogens is 302 g/mol. The Balaban J connectivity index is 1.74. The second kappa shape index (κ2) is 6.00. The van der Waals surface area contributed by atoms with Gasteiger partial charge in [0, 0.05) is 18.0 Å². The summed E-state index contributed by atoms with van der Waals surface area (Å²) in [5.74, 6) is 0. The van der Waals surface area contributed by atoms with E-state index in [4.69, 9.17) is 4.99 Å². The molecule has 2 aromatic rings. The van der Waals surface area contributed by atoms with E-state index in [-0.39, 0.29) is 12.1 Å². The summed E-state index contributed by atoms with van der Waals surface area (Å²) in [5.41, 5.74) is 3.78. The maximum atomic E-state index is 5.01. The van der Waals surface area contributed by atoms with Crippen LogP contribution in [0, 0.1) is 0 Å². The fourth-order valence-corrected chi connectivity index (χ4v) is 4.52. The van der Waals surface area contributed by atoms with Crippen molar-refractivity contribution in [2.75, 3.05) is 6.54 Å². The summed E-state index contributed by atoms with van der Waals surface area (Å²) in [6.45, 7) is 5.53. The monoisotopic (exact) mass is 323 g/mol. The summed E-state index contributed by atoms with van der Waals surface area (Å²) < 4.78 is 0. The summed E-state index contributed by atoms with van der Waals surface area (Å²) in [6, 6.07) is 15.5. The minimum atomic E-state index is 0.0960. The lowest BCUT2D eigenvalue weighted by Gasteiger charge is -2.27. The first-order valence-electron chi connectivity index (χ1n) is 8.27. The van der Waals surface area contributed by atoms with Gasteiger partial charge in [0.05, 0.1) is 11.7 Å². The van der Waals surface area contributed by atoms with Crippen molar-refractivity contribution in [2.24, 2.45) is 4.99 Å².